The quantitative estimate of drug-likeness (QED) is 0.448. The SMILES string of the molecule is CCCC1=C[C@H]2[C@@H](C1)C[C@]2(CC(=O)O)C[N+](=O)[O-]. The van der Waals surface area contributed by atoms with E-state index in [1.807, 2.05) is 0 Å². The van der Waals surface area contributed by atoms with Gasteiger partial charge < -0.3 is 5.11 Å². The van der Waals surface area contributed by atoms with Crippen molar-refractivity contribution in [2.75, 3.05) is 6.54 Å². The van der Waals surface area contributed by atoms with Crippen molar-refractivity contribution in [2.24, 2.45) is 17.3 Å². The smallest absolute Gasteiger partial charge is 0.304 e. The van der Waals surface area contributed by atoms with Gasteiger partial charge in [-0.15, -0.1) is 0 Å². The fourth-order valence-electron chi connectivity index (χ4n) is 3.78. The third-order valence-corrected chi connectivity index (χ3v) is 4.34. The molecule has 5 nitrogen and oxygen atoms in total. The van der Waals surface area contributed by atoms with Crippen molar-refractivity contribution in [3.05, 3.63) is 21.8 Å². The first-order chi connectivity index (χ1) is 8.47. The molecule has 2 aliphatic rings. The second kappa shape index (κ2) is 4.71. The Bertz CT molecular complexity index is 386. The van der Waals surface area contributed by atoms with E-state index >= 15 is 0 Å². The molecular formula is C13H19NO4. The van der Waals surface area contributed by atoms with Crippen LogP contribution in [0.2, 0.25) is 0 Å². The highest BCUT2D eigenvalue weighted by molar-refractivity contribution is 5.68. The zero-order chi connectivity index (χ0) is 13.3. The van der Waals surface area contributed by atoms with Gasteiger partial charge in [0.2, 0.25) is 6.54 Å². The summed E-state index contributed by atoms with van der Waals surface area (Å²) >= 11 is 0. The second-order valence-electron chi connectivity index (χ2n) is 5.69. The lowest BCUT2D eigenvalue weighted by Gasteiger charge is -2.48. The Morgan fingerprint density at radius 3 is 2.94 bits per heavy atom. The van der Waals surface area contributed by atoms with Crippen LogP contribution in [0, 0.1) is 27.4 Å². The highest BCUT2D eigenvalue weighted by atomic mass is 16.6. The summed E-state index contributed by atoms with van der Waals surface area (Å²) in [7, 11) is 0. The van der Waals surface area contributed by atoms with Crippen LogP contribution in [0.15, 0.2) is 11.6 Å². The predicted octanol–water partition coefficient (Wildman–Crippen LogP) is 2.49. The molecule has 0 radical (unpaired) electrons. The summed E-state index contributed by atoms with van der Waals surface area (Å²) in [6.07, 6.45) is 5.86. The van der Waals surface area contributed by atoms with E-state index in [-0.39, 0.29) is 23.8 Å². The number of hydrogen-bond donors (Lipinski definition) is 1. The fourth-order valence-corrected chi connectivity index (χ4v) is 3.78. The van der Waals surface area contributed by atoms with Gasteiger partial charge in [-0.1, -0.05) is 25.0 Å². The number of carbonyl (C=O) groups is 1. The average molecular weight is 253 g/mol. The van der Waals surface area contributed by atoms with Crippen LogP contribution < -0.4 is 0 Å². The second-order valence-corrected chi connectivity index (χ2v) is 5.69. The first-order valence-corrected chi connectivity index (χ1v) is 6.50. The van der Waals surface area contributed by atoms with E-state index < -0.39 is 11.4 Å². The van der Waals surface area contributed by atoms with E-state index in [4.69, 9.17) is 5.11 Å². The number of nitrogens with zero attached hydrogens (tertiary/aromatic N) is 1. The first-order valence-electron chi connectivity index (χ1n) is 6.50. The summed E-state index contributed by atoms with van der Waals surface area (Å²) in [4.78, 5) is 21.4. The summed E-state index contributed by atoms with van der Waals surface area (Å²) in [6.45, 7) is 1.90. The molecule has 18 heavy (non-hydrogen) atoms. The third kappa shape index (κ3) is 2.26. The fraction of sp³-hybridized carbons (Fsp3) is 0.769. The van der Waals surface area contributed by atoms with Gasteiger partial charge in [0.15, 0.2) is 0 Å². The van der Waals surface area contributed by atoms with Crippen molar-refractivity contribution in [1.29, 1.82) is 0 Å². The molecule has 100 valence electrons. The maximum Gasteiger partial charge on any atom is 0.304 e. The molecule has 1 saturated carbocycles. The standard InChI is InChI=1S/C13H19NO4/c1-2-3-9-4-10-6-13(7-12(15)16,8-14(17)18)11(10)5-9/h5,10-11H,2-4,6-8H2,1H3,(H,15,16)/t10-,11-,13-/m0/s1. The Balaban J connectivity index is 2.13. The number of allylic oxidation sites excluding steroid dienone is 2. The monoisotopic (exact) mass is 253 g/mol. The number of rotatable bonds is 6. The highest BCUT2D eigenvalue weighted by Crippen LogP contribution is 2.60. The van der Waals surface area contributed by atoms with Gasteiger partial charge in [-0.25, -0.2) is 0 Å². The number of nitro groups is 1. The molecule has 0 aromatic carbocycles. The summed E-state index contributed by atoms with van der Waals surface area (Å²) in [5.74, 6) is -0.362. The van der Waals surface area contributed by atoms with Crippen LogP contribution >= 0.6 is 0 Å². The van der Waals surface area contributed by atoms with Gasteiger partial charge in [-0.05, 0) is 31.1 Å². The Kier molecular flexibility index (Phi) is 3.41. The van der Waals surface area contributed by atoms with Gasteiger partial charge in [-0.2, -0.15) is 0 Å². The molecule has 0 unspecified atom stereocenters. The lowest BCUT2D eigenvalue weighted by Crippen LogP contribution is -2.50. The third-order valence-electron chi connectivity index (χ3n) is 4.34. The molecule has 2 rings (SSSR count). The zero-order valence-electron chi connectivity index (χ0n) is 10.6. The lowest BCUT2D eigenvalue weighted by atomic mass is 9.53. The summed E-state index contributed by atoms with van der Waals surface area (Å²) in [6, 6.07) is 0. The minimum Gasteiger partial charge on any atom is -0.481 e. The van der Waals surface area contributed by atoms with Crippen LogP contribution in [0.4, 0.5) is 0 Å². The molecular weight excluding hydrogens is 234 g/mol. The number of hydrogen-bond acceptors (Lipinski definition) is 3. The van der Waals surface area contributed by atoms with Gasteiger partial charge in [0.25, 0.3) is 0 Å². The van der Waals surface area contributed by atoms with Crippen molar-refractivity contribution in [3.63, 3.8) is 0 Å². The molecule has 2 aliphatic carbocycles. The molecule has 5 heteroatoms. The number of carboxylic acid groups (broad SMARTS) is 1. The molecule has 1 fully saturated rings. The largest absolute Gasteiger partial charge is 0.481 e. The number of carboxylic acids is 1. The van der Waals surface area contributed by atoms with Crippen molar-refractivity contribution in [1.82, 2.24) is 0 Å². The molecule has 0 saturated heterocycles. The Morgan fingerprint density at radius 1 is 1.67 bits per heavy atom. The molecule has 0 amide bonds. The topological polar surface area (TPSA) is 80.4 Å². The molecule has 0 aromatic rings. The van der Waals surface area contributed by atoms with E-state index in [1.54, 1.807) is 0 Å². The van der Waals surface area contributed by atoms with Crippen LogP contribution in [-0.2, 0) is 4.79 Å². The molecule has 0 aliphatic heterocycles. The van der Waals surface area contributed by atoms with Crippen molar-refractivity contribution < 1.29 is 14.8 Å². The van der Waals surface area contributed by atoms with Gasteiger partial charge in [0.05, 0.1) is 11.8 Å². The number of fused-ring (bicyclic) bond motifs is 1. The Morgan fingerprint density at radius 2 is 2.39 bits per heavy atom. The van der Waals surface area contributed by atoms with Crippen molar-refractivity contribution in [2.45, 2.75) is 39.0 Å². The first kappa shape index (κ1) is 13.1. The van der Waals surface area contributed by atoms with Crippen LogP contribution in [-0.4, -0.2) is 22.5 Å². The molecule has 0 heterocycles. The van der Waals surface area contributed by atoms with Gasteiger partial charge >= 0.3 is 5.97 Å². The maximum absolute atomic E-state index is 10.9. The zero-order valence-corrected chi connectivity index (χ0v) is 10.6. The highest BCUT2D eigenvalue weighted by Gasteiger charge is 2.58. The maximum atomic E-state index is 10.9. The van der Waals surface area contributed by atoms with Crippen molar-refractivity contribution >= 4 is 5.97 Å². The van der Waals surface area contributed by atoms with Crippen LogP contribution in [0.5, 0.6) is 0 Å². The van der Waals surface area contributed by atoms with E-state index in [0.29, 0.717) is 12.3 Å². The number of aliphatic carboxylic acids is 1. The molecule has 0 aromatic heterocycles. The van der Waals surface area contributed by atoms with E-state index in [2.05, 4.69) is 13.0 Å². The van der Waals surface area contributed by atoms with Gasteiger partial charge in [0, 0.05) is 4.92 Å². The predicted molar refractivity (Wildman–Crippen MR) is 65.8 cm³/mol. The van der Waals surface area contributed by atoms with Crippen LogP contribution in [0.1, 0.15) is 39.0 Å². The molecule has 3 atom stereocenters. The Hall–Kier alpha value is -1.39. The summed E-state index contributed by atoms with van der Waals surface area (Å²) in [5.41, 5.74) is 0.735. The minimum atomic E-state index is -0.923. The summed E-state index contributed by atoms with van der Waals surface area (Å²) in [5, 5.41) is 19.7. The van der Waals surface area contributed by atoms with Gasteiger partial charge in [-0.3, -0.25) is 14.9 Å². The van der Waals surface area contributed by atoms with Crippen LogP contribution in [0.3, 0.4) is 0 Å². The van der Waals surface area contributed by atoms with E-state index in [9.17, 15) is 14.9 Å². The molecule has 0 spiro atoms. The minimum absolute atomic E-state index is 0.0783. The van der Waals surface area contributed by atoms with Gasteiger partial charge in [0.1, 0.15) is 0 Å². The lowest BCUT2D eigenvalue weighted by molar-refractivity contribution is -0.505. The van der Waals surface area contributed by atoms with Crippen LogP contribution in [0.25, 0.3) is 0 Å². The summed E-state index contributed by atoms with van der Waals surface area (Å²) < 4.78 is 0. The molecule has 0 bridgehead atoms. The van der Waals surface area contributed by atoms with E-state index in [1.165, 1.54) is 5.57 Å². The van der Waals surface area contributed by atoms with Crippen molar-refractivity contribution in [3.8, 4) is 0 Å². The Labute approximate surface area is 106 Å². The average Bonchev–Trinajstić information content (AvgIpc) is 2.55. The molecule has 1 N–H and O–H groups in total. The normalized spacial score (nSPS) is 33.5. The van der Waals surface area contributed by atoms with E-state index in [0.717, 1.165) is 19.3 Å².